The van der Waals surface area contributed by atoms with Gasteiger partial charge in [-0.05, 0) is 54.5 Å². The van der Waals surface area contributed by atoms with Gasteiger partial charge >= 0.3 is 5.69 Å². The molecule has 3 rings (SSSR count). The number of carbonyl (C=O) groups excluding carboxylic acids is 1. The molecule has 0 N–H and O–H groups in total. The number of para-hydroxylation sites is 1. The molecule has 0 amide bonds. The third kappa shape index (κ3) is 5.31. The van der Waals surface area contributed by atoms with Crippen molar-refractivity contribution in [2.75, 3.05) is 14.2 Å². The van der Waals surface area contributed by atoms with Crippen molar-refractivity contribution < 1.29 is 23.9 Å². The summed E-state index contributed by atoms with van der Waals surface area (Å²) in [7, 11) is 3.05. The standard InChI is InChI=1S/C25H23NO6/c1-17-8-11-21(26(28)29)25(14-17)32-16-19-15-18(10-13-23(19)30-2)9-12-22(27)20-6-4-5-7-24(20)31-3/h4-15H,16H2,1-3H3/b12-9+. The molecule has 32 heavy (non-hydrogen) atoms. The van der Waals surface area contributed by atoms with E-state index in [-0.39, 0.29) is 23.8 Å². The van der Waals surface area contributed by atoms with Crippen LogP contribution in [-0.4, -0.2) is 24.9 Å². The van der Waals surface area contributed by atoms with Crippen LogP contribution in [0.1, 0.15) is 27.0 Å². The predicted molar refractivity (Wildman–Crippen MR) is 122 cm³/mol. The van der Waals surface area contributed by atoms with Gasteiger partial charge < -0.3 is 14.2 Å². The van der Waals surface area contributed by atoms with E-state index in [1.54, 1.807) is 48.5 Å². The van der Waals surface area contributed by atoms with E-state index in [0.29, 0.717) is 22.6 Å². The number of nitrogens with zero attached hydrogens (tertiary/aromatic N) is 1. The molecule has 0 spiro atoms. The number of hydrogen-bond acceptors (Lipinski definition) is 6. The topological polar surface area (TPSA) is 87.9 Å². The van der Waals surface area contributed by atoms with Crippen LogP contribution in [0.4, 0.5) is 5.69 Å². The monoisotopic (exact) mass is 433 g/mol. The lowest BCUT2D eigenvalue weighted by Gasteiger charge is -2.12. The Kier molecular flexibility index (Phi) is 7.23. The van der Waals surface area contributed by atoms with Crippen LogP contribution >= 0.6 is 0 Å². The van der Waals surface area contributed by atoms with Crippen LogP contribution in [0.2, 0.25) is 0 Å². The Morgan fingerprint density at radius 1 is 0.969 bits per heavy atom. The molecule has 0 heterocycles. The van der Waals surface area contributed by atoms with E-state index in [2.05, 4.69) is 0 Å². The lowest BCUT2D eigenvalue weighted by Crippen LogP contribution is -2.02. The van der Waals surface area contributed by atoms with E-state index in [0.717, 1.165) is 11.1 Å². The molecule has 0 unspecified atom stereocenters. The second-order valence-electron chi connectivity index (χ2n) is 6.99. The van der Waals surface area contributed by atoms with Crippen LogP contribution in [0, 0.1) is 17.0 Å². The molecule has 0 fully saturated rings. The van der Waals surface area contributed by atoms with Gasteiger partial charge in [0.1, 0.15) is 18.1 Å². The van der Waals surface area contributed by atoms with Gasteiger partial charge in [-0.25, -0.2) is 0 Å². The van der Waals surface area contributed by atoms with E-state index in [1.165, 1.54) is 26.4 Å². The summed E-state index contributed by atoms with van der Waals surface area (Å²) in [6.07, 6.45) is 3.16. The second-order valence-corrected chi connectivity index (χ2v) is 6.99. The highest BCUT2D eigenvalue weighted by atomic mass is 16.6. The number of nitro groups is 1. The maximum atomic E-state index is 12.6. The molecule has 0 aliphatic heterocycles. The molecule has 0 aromatic heterocycles. The number of ether oxygens (including phenoxy) is 3. The van der Waals surface area contributed by atoms with Crippen LogP contribution < -0.4 is 14.2 Å². The molecule has 7 nitrogen and oxygen atoms in total. The normalized spacial score (nSPS) is 10.7. The van der Waals surface area contributed by atoms with Crippen LogP contribution in [0.5, 0.6) is 17.2 Å². The van der Waals surface area contributed by atoms with Crippen molar-refractivity contribution in [3.63, 3.8) is 0 Å². The molecule has 3 aromatic carbocycles. The number of rotatable bonds is 9. The summed E-state index contributed by atoms with van der Waals surface area (Å²) in [5, 5.41) is 11.3. The van der Waals surface area contributed by atoms with Crippen molar-refractivity contribution >= 4 is 17.5 Å². The van der Waals surface area contributed by atoms with Gasteiger partial charge in [-0.15, -0.1) is 0 Å². The first-order valence-electron chi connectivity index (χ1n) is 9.83. The van der Waals surface area contributed by atoms with Gasteiger partial charge in [0.25, 0.3) is 0 Å². The van der Waals surface area contributed by atoms with Gasteiger partial charge in [0.05, 0.1) is 24.7 Å². The Labute approximate surface area is 186 Å². The number of carbonyl (C=O) groups is 1. The molecule has 0 aliphatic carbocycles. The zero-order chi connectivity index (χ0) is 23.1. The lowest BCUT2D eigenvalue weighted by atomic mass is 10.1. The van der Waals surface area contributed by atoms with Gasteiger partial charge in [0.15, 0.2) is 11.5 Å². The molecule has 3 aromatic rings. The number of ketones is 1. The van der Waals surface area contributed by atoms with Crippen molar-refractivity contribution in [3.8, 4) is 17.2 Å². The molecule has 0 atom stereocenters. The fourth-order valence-corrected chi connectivity index (χ4v) is 3.17. The molecule has 164 valence electrons. The van der Waals surface area contributed by atoms with Gasteiger partial charge in [-0.1, -0.05) is 30.3 Å². The Hall–Kier alpha value is -4.13. The van der Waals surface area contributed by atoms with Crippen LogP contribution in [-0.2, 0) is 6.61 Å². The average Bonchev–Trinajstić information content (AvgIpc) is 2.80. The predicted octanol–water partition coefficient (Wildman–Crippen LogP) is 5.40. The third-order valence-electron chi connectivity index (χ3n) is 4.80. The first-order valence-corrected chi connectivity index (χ1v) is 9.83. The number of benzene rings is 3. The van der Waals surface area contributed by atoms with E-state index in [4.69, 9.17) is 14.2 Å². The van der Waals surface area contributed by atoms with Crippen LogP contribution in [0.15, 0.2) is 66.7 Å². The largest absolute Gasteiger partial charge is 0.496 e. The van der Waals surface area contributed by atoms with Gasteiger partial charge in [0.2, 0.25) is 0 Å². The highest BCUT2D eigenvalue weighted by Gasteiger charge is 2.16. The average molecular weight is 433 g/mol. The summed E-state index contributed by atoms with van der Waals surface area (Å²) in [5.41, 5.74) is 2.66. The maximum Gasteiger partial charge on any atom is 0.310 e. The van der Waals surface area contributed by atoms with E-state index >= 15 is 0 Å². The Bertz CT molecular complexity index is 1170. The second kappa shape index (κ2) is 10.3. The summed E-state index contributed by atoms with van der Waals surface area (Å²) in [4.78, 5) is 23.4. The minimum atomic E-state index is -0.478. The van der Waals surface area contributed by atoms with Crippen LogP contribution in [0.25, 0.3) is 6.08 Å². The van der Waals surface area contributed by atoms with Gasteiger partial charge in [0, 0.05) is 11.6 Å². The van der Waals surface area contributed by atoms with E-state index in [9.17, 15) is 14.9 Å². The summed E-state index contributed by atoms with van der Waals surface area (Å²) >= 11 is 0. The van der Waals surface area contributed by atoms with Crippen LogP contribution in [0.3, 0.4) is 0 Å². The highest BCUT2D eigenvalue weighted by molar-refractivity contribution is 6.08. The number of allylic oxidation sites excluding steroid dienone is 1. The highest BCUT2D eigenvalue weighted by Crippen LogP contribution is 2.30. The SMILES string of the molecule is COc1ccc(/C=C/C(=O)c2ccccc2OC)cc1COc1cc(C)ccc1[N+](=O)[O-]. The fraction of sp³-hybridized carbons (Fsp3) is 0.160. The Morgan fingerprint density at radius 3 is 2.44 bits per heavy atom. The van der Waals surface area contributed by atoms with E-state index in [1.807, 2.05) is 19.1 Å². The number of nitro benzene ring substituents is 1. The number of methoxy groups -OCH3 is 2. The smallest absolute Gasteiger partial charge is 0.310 e. The molecule has 7 heteroatoms. The van der Waals surface area contributed by atoms with Gasteiger partial charge in [-0.2, -0.15) is 0 Å². The molecule has 0 radical (unpaired) electrons. The molecule has 0 bridgehead atoms. The molecule has 0 saturated heterocycles. The molecule has 0 aliphatic rings. The summed E-state index contributed by atoms with van der Waals surface area (Å²) in [6.45, 7) is 1.90. The van der Waals surface area contributed by atoms with E-state index < -0.39 is 4.92 Å². The summed E-state index contributed by atoms with van der Waals surface area (Å²) in [6, 6.07) is 17.1. The zero-order valence-electron chi connectivity index (χ0n) is 18.0. The first kappa shape index (κ1) is 22.6. The third-order valence-corrected chi connectivity index (χ3v) is 4.80. The molecular formula is C25H23NO6. The minimum Gasteiger partial charge on any atom is -0.496 e. The molecule has 0 saturated carbocycles. The van der Waals surface area contributed by atoms with Crippen molar-refractivity contribution in [3.05, 3.63) is 99.1 Å². The number of hydrogen-bond donors (Lipinski definition) is 0. The van der Waals surface area contributed by atoms with Gasteiger partial charge in [-0.3, -0.25) is 14.9 Å². The quantitative estimate of drug-likeness (QED) is 0.194. The summed E-state index contributed by atoms with van der Waals surface area (Å²) in [5.74, 6) is 1.08. The first-order chi connectivity index (χ1) is 15.4. The number of aryl methyl sites for hydroxylation is 1. The summed E-state index contributed by atoms with van der Waals surface area (Å²) < 4.78 is 16.4. The Morgan fingerprint density at radius 2 is 1.72 bits per heavy atom. The fourth-order valence-electron chi connectivity index (χ4n) is 3.17. The van der Waals surface area contributed by atoms with Crippen molar-refractivity contribution in [1.29, 1.82) is 0 Å². The van der Waals surface area contributed by atoms with Crippen molar-refractivity contribution in [1.82, 2.24) is 0 Å². The Balaban J connectivity index is 1.82. The molecular weight excluding hydrogens is 410 g/mol. The zero-order valence-corrected chi connectivity index (χ0v) is 18.0. The van der Waals surface area contributed by atoms with Crippen molar-refractivity contribution in [2.24, 2.45) is 0 Å². The lowest BCUT2D eigenvalue weighted by molar-refractivity contribution is -0.386. The minimum absolute atomic E-state index is 0.0651. The van der Waals surface area contributed by atoms with Crippen molar-refractivity contribution in [2.45, 2.75) is 13.5 Å². The maximum absolute atomic E-state index is 12.6.